The zero-order valence-corrected chi connectivity index (χ0v) is 16.9. The number of rotatable bonds is 4. The van der Waals surface area contributed by atoms with Gasteiger partial charge in [-0.05, 0) is 81.6 Å². The summed E-state index contributed by atoms with van der Waals surface area (Å²) in [6.07, 6.45) is 4.96. The molecule has 0 bridgehead atoms. The SMILES string of the molecule is CC(C)(C)CCN=Cc1cccc(F)c1C1CCN(C(C)(C)C)CC1. The predicted molar refractivity (Wildman–Crippen MR) is 106 cm³/mol. The van der Waals surface area contributed by atoms with Gasteiger partial charge in [-0.1, -0.05) is 32.9 Å². The highest BCUT2D eigenvalue weighted by Gasteiger charge is 2.29. The largest absolute Gasteiger partial charge is 0.298 e. The Morgan fingerprint density at radius 1 is 1.12 bits per heavy atom. The van der Waals surface area contributed by atoms with Gasteiger partial charge in [-0.15, -0.1) is 0 Å². The van der Waals surface area contributed by atoms with E-state index in [1.54, 1.807) is 12.1 Å². The van der Waals surface area contributed by atoms with Crippen LogP contribution in [-0.4, -0.2) is 36.3 Å². The fourth-order valence-electron chi connectivity index (χ4n) is 3.50. The maximum atomic E-state index is 14.6. The van der Waals surface area contributed by atoms with Crippen LogP contribution < -0.4 is 0 Å². The van der Waals surface area contributed by atoms with Crippen LogP contribution in [0.2, 0.25) is 0 Å². The lowest BCUT2D eigenvalue weighted by atomic mass is 9.85. The normalized spacial score (nSPS) is 18.2. The molecule has 140 valence electrons. The minimum absolute atomic E-state index is 0.0750. The van der Waals surface area contributed by atoms with Crippen LogP contribution in [0.25, 0.3) is 0 Å². The van der Waals surface area contributed by atoms with Gasteiger partial charge in [0.1, 0.15) is 5.82 Å². The minimum Gasteiger partial charge on any atom is -0.298 e. The molecular weight excluding hydrogens is 311 g/mol. The summed E-state index contributed by atoms with van der Waals surface area (Å²) in [5.74, 6) is 0.220. The monoisotopic (exact) mass is 346 g/mol. The van der Waals surface area contributed by atoms with Gasteiger partial charge >= 0.3 is 0 Å². The maximum Gasteiger partial charge on any atom is 0.127 e. The first-order chi connectivity index (χ1) is 11.6. The minimum atomic E-state index is -0.0750. The Labute approximate surface area is 153 Å². The fraction of sp³-hybridized carbons (Fsp3) is 0.682. The number of halogens is 1. The summed E-state index contributed by atoms with van der Waals surface area (Å²) in [7, 11) is 0. The van der Waals surface area contributed by atoms with Crippen molar-refractivity contribution in [2.45, 2.75) is 72.3 Å². The van der Waals surface area contributed by atoms with E-state index in [2.05, 4.69) is 51.4 Å². The fourth-order valence-corrected chi connectivity index (χ4v) is 3.50. The molecule has 0 amide bonds. The third kappa shape index (κ3) is 5.91. The second-order valence-electron chi connectivity index (χ2n) is 9.52. The molecular formula is C22H35FN2. The smallest absolute Gasteiger partial charge is 0.127 e. The van der Waals surface area contributed by atoms with E-state index in [4.69, 9.17) is 0 Å². The Balaban J connectivity index is 2.10. The van der Waals surface area contributed by atoms with Crippen LogP contribution in [0.1, 0.15) is 77.8 Å². The average molecular weight is 347 g/mol. The van der Waals surface area contributed by atoms with Crippen molar-refractivity contribution >= 4 is 6.21 Å². The van der Waals surface area contributed by atoms with Crippen LogP contribution in [0, 0.1) is 11.2 Å². The van der Waals surface area contributed by atoms with E-state index >= 15 is 0 Å². The van der Waals surface area contributed by atoms with Crippen molar-refractivity contribution < 1.29 is 4.39 Å². The summed E-state index contributed by atoms with van der Waals surface area (Å²) in [4.78, 5) is 7.08. The van der Waals surface area contributed by atoms with Crippen LogP contribution in [-0.2, 0) is 0 Å². The lowest BCUT2D eigenvalue weighted by Gasteiger charge is -2.41. The molecule has 3 heteroatoms. The first-order valence-corrected chi connectivity index (χ1v) is 9.61. The average Bonchev–Trinajstić information content (AvgIpc) is 2.50. The molecule has 1 aromatic rings. The molecule has 1 aromatic carbocycles. The number of hydrogen-bond acceptors (Lipinski definition) is 2. The second-order valence-corrected chi connectivity index (χ2v) is 9.52. The Bertz CT molecular complexity index is 585. The zero-order valence-electron chi connectivity index (χ0n) is 16.9. The topological polar surface area (TPSA) is 15.6 Å². The van der Waals surface area contributed by atoms with E-state index in [0.29, 0.717) is 5.92 Å². The summed E-state index contributed by atoms with van der Waals surface area (Å²) in [5, 5.41) is 0. The molecule has 0 saturated carbocycles. The van der Waals surface area contributed by atoms with Gasteiger partial charge in [0.05, 0.1) is 0 Å². The van der Waals surface area contributed by atoms with E-state index in [9.17, 15) is 4.39 Å². The van der Waals surface area contributed by atoms with Gasteiger partial charge in [-0.2, -0.15) is 0 Å². The molecule has 1 saturated heterocycles. The molecule has 0 unspecified atom stereocenters. The first kappa shape index (κ1) is 20.1. The molecule has 2 nitrogen and oxygen atoms in total. The van der Waals surface area contributed by atoms with Gasteiger partial charge in [-0.3, -0.25) is 9.89 Å². The molecule has 0 atom stereocenters. The van der Waals surface area contributed by atoms with Gasteiger partial charge in [0.15, 0.2) is 0 Å². The molecule has 0 aromatic heterocycles. The van der Waals surface area contributed by atoms with Crippen LogP contribution in [0.3, 0.4) is 0 Å². The number of piperidine rings is 1. The standard InChI is InChI=1S/C22H35FN2/c1-21(2,3)12-13-24-16-18-8-7-9-19(23)20(18)17-10-14-25(15-11-17)22(4,5)6/h7-9,16-17H,10-15H2,1-6H3. The maximum absolute atomic E-state index is 14.6. The summed E-state index contributed by atoms with van der Waals surface area (Å²) in [5.41, 5.74) is 2.30. The van der Waals surface area contributed by atoms with Crippen molar-refractivity contribution in [2.24, 2.45) is 10.4 Å². The van der Waals surface area contributed by atoms with Crippen LogP contribution in [0.5, 0.6) is 0 Å². The van der Waals surface area contributed by atoms with Gasteiger partial charge in [0.25, 0.3) is 0 Å². The van der Waals surface area contributed by atoms with E-state index in [1.807, 2.05) is 12.3 Å². The van der Waals surface area contributed by atoms with Crippen LogP contribution in [0.15, 0.2) is 23.2 Å². The van der Waals surface area contributed by atoms with E-state index in [0.717, 1.165) is 50.0 Å². The van der Waals surface area contributed by atoms with Gasteiger partial charge in [-0.25, -0.2) is 4.39 Å². The zero-order chi connectivity index (χ0) is 18.7. The second kappa shape index (κ2) is 7.99. The number of aliphatic imine (C=N–C) groups is 1. The van der Waals surface area contributed by atoms with Crippen molar-refractivity contribution in [2.75, 3.05) is 19.6 Å². The lowest BCUT2D eigenvalue weighted by Crippen LogP contribution is -2.45. The Hall–Kier alpha value is -1.22. The molecule has 1 fully saturated rings. The molecule has 2 rings (SSSR count). The molecule has 1 aliphatic heterocycles. The van der Waals surface area contributed by atoms with Crippen molar-refractivity contribution in [3.63, 3.8) is 0 Å². The van der Waals surface area contributed by atoms with Crippen molar-refractivity contribution in [3.05, 3.63) is 35.1 Å². The molecule has 1 aliphatic rings. The summed E-state index contributed by atoms with van der Waals surface area (Å²) < 4.78 is 14.6. The van der Waals surface area contributed by atoms with Crippen LogP contribution in [0.4, 0.5) is 4.39 Å². The summed E-state index contributed by atoms with van der Waals surface area (Å²) in [6.45, 7) is 16.3. The first-order valence-electron chi connectivity index (χ1n) is 9.61. The van der Waals surface area contributed by atoms with E-state index < -0.39 is 0 Å². The van der Waals surface area contributed by atoms with E-state index in [1.165, 1.54) is 0 Å². The molecule has 0 spiro atoms. The molecule has 25 heavy (non-hydrogen) atoms. The number of nitrogens with zero attached hydrogens (tertiary/aromatic N) is 2. The summed E-state index contributed by atoms with van der Waals surface area (Å²) >= 11 is 0. The summed E-state index contributed by atoms with van der Waals surface area (Å²) in [6, 6.07) is 5.40. The number of likely N-dealkylation sites (tertiary alicyclic amines) is 1. The molecule has 0 N–H and O–H groups in total. The third-order valence-electron chi connectivity index (χ3n) is 5.16. The lowest BCUT2D eigenvalue weighted by molar-refractivity contribution is 0.102. The predicted octanol–water partition coefficient (Wildman–Crippen LogP) is 5.66. The van der Waals surface area contributed by atoms with Crippen molar-refractivity contribution in [1.29, 1.82) is 0 Å². The Kier molecular flexibility index (Phi) is 6.42. The van der Waals surface area contributed by atoms with Gasteiger partial charge in [0, 0.05) is 18.3 Å². The highest BCUT2D eigenvalue weighted by atomic mass is 19.1. The molecule has 0 radical (unpaired) electrons. The van der Waals surface area contributed by atoms with Crippen LogP contribution >= 0.6 is 0 Å². The molecule has 0 aliphatic carbocycles. The van der Waals surface area contributed by atoms with E-state index in [-0.39, 0.29) is 16.8 Å². The van der Waals surface area contributed by atoms with Crippen molar-refractivity contribution in [1.82, 2.24) is 4.90 Å². The molecule has 1 heterocycles. The third-order valence-corrected chi connectivity index (χ3v) is 5.16. The Morgan fingerprint density at radius 3 is 2.32 bits per heavy atom. The number of hydrogen-bond donors (Lipinski definition) is 0. The number of benzene rings is 1. The van der Waals surface area contributed by atoms with Crippen molar-refractivity contribution in [3.8, 4) is 0 Å². The Morgan fingerprint density at radius 2 is 1.76 bits per heavy atom. The highest BCUT2D eigenvalue weighted by molar-refractivity contribution is 5.82. The quantitative estimate of drug-likeness (QED) is 0.642. The van der Waals surface area contributed by atoms with Gasteiger partial charge < -0.3 is 0 Å². The highest BCUT2D eigenvalue weighted by Crippen LogP contribution is 2.34. The van der Waals surface area contributed by atoms with Gasteiger partial charge in [0.2, 0.25) is 0 Å².